The van der Waals surface area contributed by atoms with Crippen molar-refractivity contribution in [3.05, 3.63) is 60.2 Å². The lowest BCUT2D eigenvalue weighted by Crippen LogP contribution is -2.38. The van der Waals surface area contributed by atoms with Crippen molar-refractivity contribution in [2.45, 2.75) is 19.3 Å². The largest absolute Gasteiger partial charge is 0.497 e. The number of anilines is 1. The van der Waals surface area contributed by atoms with Crippen LogP contribution in [0.4, 0.5) is 10.5 Å². The normalized spacial score (nSPS) is 10.9. The van der Waals surface area contributed by atoms with Crippen LogP contribution in [0.2, 0.25) is 0 Å². The molecule has 0 saturated heterocycles. The Morgan fingerprint density at radius 3 is 2.27 bits per heavy atom. The monoisotopic (exact) mass is 298 g/mol. The Morgan fingerprint density at radius 2 is 1.68 bits per heavy atom. The number of hydrogen-bond acceptors (Lipinski definition) is 2. The van der Waals surface area contributed by atoms with E-state index >= 15 is 0 Å². The van der Waals surface area contributed by atoms with E-state index < -0.39 is 0 Å². The van der Waals surface area contributed by atoms with Gasteiger partial charge in [-0.3, -0.25) is 0 Å². The Balaban J connectivity index is 1.92. The molecule has 4 heteroatoms. The maximum Gasteiger partial charge on any atom is 0.319 e. The predicted octanol–water partition coefficient (Wildman–Crippen LogP) is 3.79. The summed E-state index contributed by atoms with van der Waals surface area (Å²) in [6, 6.07) is 17.1. The van der Waals surface area contributed by atoms with E-state index in [1.165, 1.54) is 0 Å². The summed E-state index contributed by atoms with van der Waals surface area (Å²) < 4.78 is 5.17. The second kappa shape index (κ2) is 6.98. The topological polar surface area (TPSA) is 50.4 Å². The Morgan fingerprint density at radius 1 is 1.05 bits per heavy atom. The van der Waals surface area contributed by atoms with E-state index in [1.807, 2.05) is 54.6 Å². The van der Waals surface area contributed by atoms with Crippen molar-refractivity contribution in [3.8, 4) is 5.75 Å². The maximum atomic E-state index is 11.9. The Labute approximate surface area is 131 Å². The minimum Gasteiger partial charge on any atom is -0.497 e. The maximum absolute atomic E-state index is 11.9. The SMILES string of the molecule is COc1ccc(C(C)(C)CNC(=O)Nc2ccccc2)cc1. The summed E-state index contributed by atoms with van der Waals surface area (Å²) in [6.07, 6.45) is 0. The minimum atomic E-state index is -0.201. The number of amides is 2. The third kappa shape index (κ3) is 4.25. The molecular weight excluding hydrogens is 276 g/mol. The number of hydrogen-bond donors (Lipinski definition) is 2. The van der Waals surface area contributed by atoms with Crippen LogP contribution in [-0.2, 0) is 5.41 Å². The first kappa shape index (κ1) is 15.9. The average molecular weight is 298 g/mol. The number of rotatable bonds is 5. The third-order valence-corrected chi connectivity index (χ3v) is 3.59. The molecule has 0 bridgehead atoms. The second-order valence-electron chi connectivity index (χ2n) is 5.79. The Kier molecular flexibility index (Phi) is 5.04. The number of para-hydroxylation sites is 1. The molecule has 2 aromatic carbocycles. The van der Waals surface area contributed by atoms with Crippen LogP contribution in [0, 0.1) is 0 Å². The second-order valence-corrected chi connectivity index (χ2v) is 5.79. The van der Waals surface area contributed by atoms with Crippen molar-refractivity contribution < 1.29 is 9.53 Å². The van der Waals surface area contributed by atoms with Gasteiger partial charge in [0.2, 0.25) is 0 Å². The molecule has 0 aromatic heterocycles. The van der Waals surface area contributed by atoms with Gasteiger partial charge in [-0.05, 0) is 29.8 Å². The molecule has 0 heterocycles. The van der Waals surface area contributed by atoms with Crippen molar-refractivity contribution in [3.63, 3.8) is 0 Å². The molecule has 0 aliphatic rings. The van der Waals surface area contributed by atoms with Gasteiger partial charge in [0.1, 0.15) is 5.75 Å². The van der Waals surface area contributed by atoms with Crippen LogP contribution >= 0.6 is 0 Å². The van der Waals surface area contributed by atoms with Gasteiger partial charge in [-0.1, -0.05) is 44.2 Å². The summed E-state index contributed by atoms with van der Waals surface area (Å²) in [5.41, 5.74) is 1.76. The highest BCUT2D eigenvalue weighted by Gasteiger charge is 2.21. The number of urea groups is 1. The molecule has 22 heavy (non-hydrogen) atoms. The number of ether oxygens (including phenoxy) is 1. The lowest BCUT2D eigenvalue weighted by atomic mass is 9.84. The van der Waals surface area contributed by atoms with Crippen LogP contribution < -0.4 is 15.4 Å². The fraction of sp³-hybridized carbons (Fsp3) is 0.278. The van der Waals surface area contributed by atoms with Gasteiger partial charge < -0.3 is 15.4 Å². The van der Waals surface area contributed by atoms with E-state index in [0.29, 0.717) is 6.54 Å². The van der Waals surface area contributed by atoms with Crippen molar-refractivity contribution in [1.82, 2.24) is 5.32 Å². The highest BCUT2D eigenvalue weighted by atomic mass is 16.5. The van der Waals surface area contributed by atoms with Crippen molar-refractivity contribution >= 4 is 11.7 Å². The van der Waals surface area contributed by atoms with Crippen LogP contribution in [0.25, 0.3) is 0 Å². The zero-order chi connectivity index (χ0) is 16.0. The van der Waals surface area contributed by atoms with E-state index in [4.69, 9.17) is 4.74 Å². The fourth-order valence-corrected chi connectivity index (χ4v) is 2.14. The smallest absolute Gasteiger partial charge is 0.319 e. The lowest BCUT2D eigenvalue weighted by molar-refractivity contribution is 0.249. The molecular formula is C18H22N2O2. The van der Waals surface area contributed by atoms with E-state index in [1.54, 1.807) is 7.11 Å². The standard InChI is InChI=1S/C18H22N2O2/c1-18(2,14-9-11-16(22-3)12-10-14)13-19-17(21)20-15-7-5-4-6-8-15/h4-12H,13H2,1-3H3,(H2,19,20,21). The van der Waals surface area contributed by atoms with Crippen molar-refractivity contribution in [2.75, 3.05) is 19.0 Å². The molecule has 4 nitrogen and oxygen atoms in total. The van der Waals surface area contributed by atoms with Gasteiger partial charge in [0.25, 0.3) is 0 Å². The Bertz CT molecular complexity index is 607. The quantitative estimate of drug-likeness (QED) is 0.882. The lowest BCUT2D eigenvalue weighted by Gasteiger charge is -2.26. The fourth-order valence-electron chi connectivity index (χ4n) is 2.14. The van der Waals surface area contributed by atoms with Crippen molar-refractivity contribution in [1.29, 1.82) is 0 Å². The molecule has 0 saturated carbocycles. The summed E-state index contributed by atoms with van der Waals surface area (Å²) in [6.45, 7) is 4.73. The molecule has 2 aromatic rings. The first-order chi connectivity index (χ1) is 10.5. The number of nitrogens with one attached hydrogen (secondary N) is 2. The van der Waals surface area contributed by atoms with Crippen LogP contribution in [0.1, 0.15) is 19.4 Å². The summed E-state index contributed by atoms with van der Waals surface area (Å²) in [4.78, 5) is 11.9. The molecule has 2 amide bonds. The number of benzene rings is 2. The number of carbonyl (C=O) groups excluding carboxylic acids is 1. The number of methoxy groups -OCH3 is 1. The summed E-state index contributed by atoms with van der Waals surface area (Å²) in [5.74, 6) is 0.828. The zero-order valence-corrected chi connectivity index (χ0v) is 13.2. The van der Waals surface area contributed by atoms with Gasteiger partial charge in [0.05, 0.1) is 7.11 Å². The van der Waals surface area contributed by atoms with Crippen molar-refractivity contribution in [2.24, 2.45) is 0 Å². The van der Waals surface area contributed by atoms with Gasteiger partial charge in [-0.25, -0.2) is 4.79 Å². The minimum absolute atomic E-state index is 0.166. The first-order valence-corrected chi connectivity index (χ1v) is 7.26. The molecule has 2 N–H and O–H groups in total. The Hall–Kier alpha value is -2.49. The van der Waals surface area contributed by atoms with Gasteiger partial charge in [0.15, 0.2) is 0 Å². The highest BCUT2D eigenvalue weighted by molar-refractivity contribution is 5.89. The van der Waals surface area contributed by atoms with E-state index in [9.17, 15) is 4.79 Å². The van der Waals surface area contributed by atoms with E-state index in [0.717, 1.165) is 17.0 Å². The summed E-state index contributed by atoms with van der Waals surface area (Å²) >= 11 is 0. The van der Waals surface area contributed by atoms with Crippen LogP contribution in [-0.4, -0.2) is 19.7 Å². The molecule has 0 aliphatic carbocycles. The average Bonchev–Trinajstić information content (AvgIpc) is 2.54. The van der Waals surface area contributed by atoms with E-state index in [2.05, 4.69) is 24.5 Å². The molecule has 0 fully saturated rings. The molecule has 0 aliphatic heterocycles. The van der Waals surface area contributed by atoms with Crippen LogP contribution in [0.3, 0.4) is 0 Å². The molecule has 0 radical (unpaired) electrons. The van der Waals surface area contributed by atoms with Gasteiger partial charge in [-0.15, -0.1) is 0 Å². The molecule has 0 unspecified atom stereocenters. The molecule has 116 valence electrons. The van der Waals surface area contributed by atoms with Gasteiger partial charge >= 0.3 is 6.03 Å². The van der Waals surface area contributed by atoms with Gasteiger partial charge in [-0.2, -0.15) is 0 Å². The van der Waals surface area contributed by atoms with E-state index in [-0.39, 0.29) is 11.4 Å². The molecule has 2 rings (SSSR count). The number of carbonyl (C=O) groups is 1. The zero-order valence-electron chi connectivity index (χ0n) is 13.2. The highest BCUT2D eigenvalue weighted by Crippen LogP contribution is 2.24. The first-order valence-electron chi connectivity index (χ1n) is 7.26. The summed E-state index contributed by atoms with van der Waals surface area (Å²) in [5, 5.41) is 5.73. The third-order valence-electron chi connectivity index (χ3n) is 3.59. The molecule has 0 atom stereocenters. The van der Waals surface area contributed by atoms with Crippen LogP contribution in [0.5, 0.6) is 5.75 Å². The predicted molar refractivity (Wildman–Crippen MR) is 89.5 cm³/mol. The summed E-state index contributed by atoms with van der Waals surface area (Å²) in [7, 11) is 1.65. The van der Waals surface area contributed by atoms with Crippen LogP contribution in [0.15, 0.2) is 54.6 Å². The van der Waals surface area contributed by atoms with Gasteiger partial charge in [0, 0.05) is 17.6 Å². The molecule has 0 spiro atoms.